The lowest BCUT2D eigenvalue weighted by Gasteiger charge is -2.05. The zero-order valence-corrected chi connectivity index (χ0v) is 11.2. The molecular formula is C14H20S. The third kappa shape index (κ3) is 2.23. The molecule has 1 aromatic rings. The Morgan fingerprint density at radius 1 is 1.40 bits per heavy atom. The Morgan fingerprint density at radius 3 is 2.40 bits per heavy atom. The molecule has 0 spiro atoms. The molecule has 1 heteroatoms. The molecule has 0 nitrogen and oxygen atoms in total. The van der Waals surface area contributed by atoms with Gasteiger partial charge in [-0.25, -0.2) is 0 Å². The Bertz CT molecular complexity index is 405. The zero-order valence-electron chi connectivity index (χ0n) is 10.4. The van der Waals surface area contributed by atoms with Crippen molar-refractivity contribution in [3.8, 4) is 0 Å². The van der Waals surface area contributed by atoms with Crippen molar-refractivity contribution in [2.45, 2.75) is 41.0 Å². The Labute approximate surface area is 97.3 Å². The van der Waals surface area contributed by atoms with Gasteiger partial charge in [0.25, 0.3) is 0 Å². The molecule has 1 rings (SSSR count). The van der Waals surface area contributed by atoms with E-state index in [2.05, 4.69) is 47.3 Å². The summed E-state index contributed by atoms with van der Waals surface area (Å²) in [6, 6.07) is 0. The van der Waals surface area contributed by atoms with Gasteiger partial charge in [-0.15, -0.1) is 11.3 Å². The molecule has 0 fully saturated rings. The minimum Gasteiger partial charge on any atom is -0.140 e. The largest absolute Gasteiger partial charge is 0.140 e. The van der Waals surface area contributed by atoms with Crippen molar-refractivity contribution in [3.63, 3.8) is 0 Å². The summed E-state index contributed by atoms with van der Waals surface area (Å²) in [5.74, 6) is 0. The molecule has 0 bridgehead atoms. The highest BCUT2D eigenvalue weighted by atomic mass is 32.1. The van der Waals surface area contributed by atoms with E-state index in [4.69, 9.17) is 0 Å². The van der Waals surface area contributed by atoms with Crippen LogP contribution in [0.1, 0.15) is 48.6 Å². The fourth-order valence-electron chi connectivity index (χ4n) is 1.82. The minimum atomic E-state index is 1.12. The molecule has 82 valence electrons. The smallest absolute Gasteiger partial charge is 0.0374 e. The van der Waals surface area contributed by atoms with Crippen molar-refractivity contribution in [1.82, 2.24) is 0 Å². The Hall–Kier alpha value is -0.820. The van der Waals surface area contributed by atoms with E-state index in [1.54, 1.807) is 0 Å². The molecular weight excluding hydrogens is 200 g/mol. The minimum absolute atomic E-state index is 1.12. The highest BCUT2D eigenvalue weighted by Crippen LogP contribution is 2.37. The van der Waals surface area contributed by atoms with Crippen molar-refractivity contribution in [2.75, 3.05) is 0 Å². The first-order valence-corrected chi connectivity index (χ1v) is 6.25. The molecule has 1 aromatic heterocycles. The summed E-state index contributed by atoms with van der Waals surface area (Å²) in [6.07, 6.45) is 3.30. The van der Waals surface area contributed by atoms with Crippen LogP contribution < -0.4 is 0 Å². The third-order valence-corrected chi connectivity index (χ3v) is 4.38. The van der Waals surface area contributed by atoms with E-state index in [1.165, 1.54) is 32.0 Å². The molecule has 0 aliphatic heterocycles. The molecule has 0 atom stereocenters. The monoisotopic (exact) mass is 220 g/mol. The fourth-order valence-corrected chi connectivity index (χ4v) is 3.05. The standard InChI is InChI=1S/C14H20S/c1-7-10(5)13-11(6)12(8-2)15-14(13)9(3)4/h7H,3,8H2,1-2,4-6H3/b10-7-. The van der Waals surface area contributed by atoms with Gasteiger partial charge in [-0.05, 0) is 56.4 Å². The highest BCUT2D eigenvalue weighted by Gasteiger charge is 2.14. The Balaban J connectivity index is 3.45. The molecule has 15 heavy (non-hydrogen) atoms. The van der Waals surface area contributed by atoms with Crippen LogP contribution in [0.25, 0.3) is 11.1 Å². The van der Waals surface area contributed by atoms with E-state index < -0.39 is 0 Å². The molecule has 0 unspecified atom stereocenters. The van der Waals surface area contributed by atoms with Crippen LogP contribution >= 0.6 is 11.3 Å². The molecule has 0 aliphatic rings. The summed E-state index contributed by atoms with van der Waals surface area (Å²) in [5, 5.41) is 0. The molecule has 0 saturated carbocycles. The van der Waals surface area contributed by atoms with Gasteiger partial charge in [0.2, 0.25) is 0 Å². The molecule has 0 radical (unpaired) electrons. The predicted octanol–water partition coefficient (Wildman–Crippen LogP) is 5.08. The van der Waals surface area contributed by atoms with Crippen LogP contribution in [-0.4, -0.2) is 0 Å². The number of aryl methyl sites for hydroxylation is 1. The number of allylic oxidation sites excluding steroid dienone is 3. The molecule has 0 aliphatic carbocycles. The average molecular weight is 220 g/mol. The van der Waals surface area contributed by atoms with Crippen molar-refractivity contribution in [2.24, 2.45) is 0 Å². The van der Waals surface area contributed by atoms with Crippen LogP contribution in [0, 0.1) is 6.92 Å². The lowest BCUT2D eigenvalue weighted by atomic mass is 9.99. The van der Waals surface area contributed by atoms with E-state index >= 15 is 0 Å². The maximum Gasteiger partial charge on any atom is 0.0374 e. The summed E-state index contributed by atoms with van der Waals surface area (Å²) in [6.45, 7) is 14.9. The second-order valence-electron chi connectivity index (χ2n) is 3.96. The Morgan fingerprint density at radius 2 is 2.00 bits per heavy atom. The molecule has 1 heterocycles. The quantitative estimate of drug-likeness (QED) is 0.666. The third-order valence-electron chi connectivity index (χ3n) is 2.78. The normalized spacial score (nSPS) is 11.9. The lowest BCUT2D eigenvalue weighted by Crippen LogP contribution is -1.86. The van der Waals surface area contributed by atoms with Crippen molar-refractivity contribution in [1.29, 1.82) is 0 Å². The van der Waals surface area contributed by atoms with Gasteiger partial charge in [0.15, 0.2) is 0 Å². The second-order valence-corrected chi connectivity index (χ2v) is 5.07. The van der Waals surface area contributed by atoms with Crippen LogP contribution in [0.15, 0.2) is 12.7 Å². The van der Waals surface area contributed by atoms with Gasteiger partial charge < -0.3 is 0 Å². The Kier molecular flexibility index (Phi) is 3.92. The maximum atomic E-state index is 4.07. The fraction of sp³-hybridized carbons (Fsp3) is 0.429. The van der Waals surface area contributed by atoms with Crippen molar-refractivity contribution in [3.05, 3.63) is 33.5 Å². The topological polar surface area (TPSA) is 0 Å². The summed E-state index contributed by atoms with van der Waals surface area (Å²) in [7, 11) is 0. The summed E-state index contributed by atoms with van der Waals surface area (Å²) in [4.78, 5) is 2.85. The highest BCUT2D eigenvalue weighted by molar-refractivity contribution is 7.13. The van der Waals surface area contributed by atoms with Crippen molar-refractivity contribution >= 4 is 22.5 Å². The van der Waals surface area contributed by atoms with Crippen LogP contribution in [0.3, 0.4) is 0 Å². The average Bonchev–Trinajstić information content (AvgIpc) is 2.54. The van der Waals surface area contributed by atoms with Gasteiger partial charge in [-0.2, -0.15) is 0 Å². The van der Waals surface area contributed by atoms with Crippen LogP contribution in [0.5, 0.6) is 0 Å². The summed E-state index contributed by atoms with van der Waals surface area (Å²) >= 11 is 1.90. The number of rotatable bonds is 3. The van der Waals surface area contributed by atoms with E-state index in [1.807, 2.05) is 11.3 Å². The number of thiophene rings is 1. The van der Waals surface area contributed by atoms with Gasteiger partial charge in [0.05, 0.1) is 0 Å². The first-order valence-electron chi connectivity index (χ1n) is 5.44. The second kappa shape index (κ2) is 4.80. The first-order chi connectivity index (χ1) is 7.02. The van der Waals surface area contributed by atoms with E-state index in [0.29, 0.717) is 0 Å². The van der Waals surface area contributed by atoms with Crippen LogP contribution in [0.2, 0.25) is 0 Å². The molecule has 0 saturated heterocycles. The molecule has 0 aromatic carbocycles. The lowest BCUT2D eigenvalue weighted by molar-refractivity contribution is 1.15. The number of hydrogen-bond donors (Lipinski definition) is 0. The van der Waals surface area contributed by atoms with E-state index in [0.717, 1.165) is 6.42 Å². The SMILES string of the molecule is C=C(C)c1sc(CC)c(C)c1/C(C)=C\C. The zero-order chi connectivity index (χ0) is 11.6. The first kappa shape index (κ1) is 12.3. The van der Waals surface area contributed by atoms with Crippen molar-refractivity contribution < 1.29 is 0 Å². The van der Waals surface area contributed by atoms with E-state index in [9.17, 15) is 0 Å². The van der Waals surface area contributed by atoms with Gasteiger partial charge in [-0.3, -0.25) is 0 Å². The van der Waals surface area contributed by atoms with Gasteiger partial charge in [0.1, 0.15) is 0 Å². The number of hydrogen-bond acceptors (Lipinski definition) is 1. The maximum absolute atomic E-state index is 4.07. The van der Waals surface area contributed by atoms with Crippen LogP contribution in [-0.2, 0) is 6.42 Å². The summed E-state index contributed by atoms with van der Waals surface area (Å²) < 4.78 is 0. The summed E-state index contributed by atoms with van der Waals surface area (Å²) in [5.41, 5.74) is 5.39. The molecule has 0 N–H and O–H groups in total. The van der Waals surface area contributed by atoms with Gasteiger partial charge in [0, 0.05) is 9.75 Å². The van der Waals surface area contributed by atoms with Gasteiger partial charge >= 0.3 is 0 Å². The predicted molar refractivity (Wildman–Crippen MR) is 72.5 cm³/mol. The molecule has 0 amide bonds. The van der Waals surface area contributed by atoms with Gasteiger partial charge in [-0.1, -0.05) is 19.6 Å². The van der Waals surface area contributed by atoms with Crippen LogP contribution in [0.4, 0.5) is 0 Å². The van der Waals surface area contributed by atoms with E-state index in [-0.39, 0.29) is 0 Å².